The summed E-state index contributed by atoms with van der Waals surface area (Å²) in [6.45, 7) is 5.05. The van der Waals surface area contributed by atoms with Crippen LogP contribution in [0.25, 0.3) is 0 Å². The molecule has 0 bridgehead atoms. The zero-order valence-electron chi connectivity index (χ0n) is 22.5. The Kier molecular flexibility index (Phi) is 26.7. The molecular weight excluding hydrogens is 408 g/mol. The highest BCUT2D eigenvalue weighted by Crippen LogP contribution is 2.12. The van der Waals surface area contributed by atoms with Crippen molar-refractivity contribution in [1.29, 1.82) is 0 Å². The van der Waals surface area contributed by atoms with Crippen molar-refractivity contribution in [3.8, 4) is 0 Å². The summed E-state index contributed by atoms with van der Waals surface area (Å²) in [6, 6.07) is 0. The number of aliphatic hydroxyl groups excluding tert-OH is 1. The van der Waals surface area contributed by atoms with Gasteiger partial charge >= 0.3 is 5.97 Å². The van der Waals surface area contributed by atoms with Crippen molar-refractivity contribution in [3.63, 3.8) is 0 Å². The van der Waals surface area contributed by atoms with E-state index in [1.165, 1.54) is 83.5 Å². The molecule has 0 aliphatic heterocycles. The smallest absolute Gasteiger partial charge is 0.305 e. The molecule has 0 aromatic carbocycles. The fraction of sp³-hybridized carbons (Fsp3) is 0.900. The third-order valence-electron chi connectivity index (χ3n) is 6.48. The van der Waals surface area contributed by atoms with Gasteiger partial charge in [-0.1, -0.05) is 116 Å². The van der Waals surface area contributed by atoms with Crippen LogP contribution < -0.4 is 0 Å². The number of hydrogen-bond donors (Lipinski definition) is 1. The van der Waals surface area contributed by atoms with E-state index >= 15 is 0 Å². The van der Waals surface area contributed by atoms with Crippen LogP contribution in [0.5, 0.6) is 0 Å². The fourth-order valence-corrected chi connectivity index (χ4v) is 4.20. The molecule has 0 aliphatic carbocycles. The van der Waals surface area contributed by atoms with Crippen LogP contribution in [-0.2, 0) is 9.53 Å². The van der Waals surface area contributed by atoms with E-state index in [0.29, 0.717) is 13.0 Å². The van der Waals surface area contributed by atoms with Gasteiger partial charge in [-0.3, -0.25) is 4.79 Å². The number of hydrogen-bond acceptors (Lipinski definition) is 3. The lowest BCUT2D eigenvalue weighted by Crippen LogP contribution is -2.05. The Bertz CT molecular complexity index is 419. The fourth-order valence-electron chi connectivity index (χ4n) is 4.20. The number of unbranched alkanes of at least 4 members (excludes halogenated alkanes) is 16. The first-order chi connectivity index (χ1) is 16.2. The van der Waals surface area contributed by atoms with Gasteiger partial charge < -0.3 is 9.84 Å². The predicted molar refractivity (Wildman–Crippen MR) is 144 cm³/mol. The summed E-state index contributed by atoms with van der Waals surface area (Å²) in [5.74, 6) is -0.00586. The Balaban J connectivity index is 3.25. The molecule has 0 radical (unpaired) electrons. The van der Waals surface area contributed by atoms with E-state index in [2.05, 4.69) is 26.0 Å². The molecule has 0 heterocycles. The predicted octanol–water partition coefficient (Wildman–Crippen LogP) is 9.46. The Morgan fingerprint density at radius 3 is 1.76 bits per heavy atom. The molecule has 0 fully saturated rings. The van der Waals surface area contributed by atoms with Crippen LogP contribution in [0.3, 0.4) is 0 Å². The van der Waals surface area contributed by atoms with E-state index in [1.54, 1.807) is 0 Å². The highest BCUT2D eigenvalue weighted by Gasteiger charge is 2.03. The summed E-state index contributed by atoms with van der Waals surface area (Å²) in [7, 11) is 0. The highest BCUT2D eigenvalue weighted by molar-refractivity contribution is 5.69. The van der Waals surface area contributed by atoms with Gasteiger partial charge in [-0.15, -0.1) is 0 Å². The standard InChI is InChI=1S/C30H58O3/c1-3-5-7-8-9-10-15-18-21-24-28-33-30(32)27-23-20-17-14-12-11-13-16-19-22-26-29(31)25-6-4-2/h13,16,29,31H,3-12,14-15,17-28H2,1-2H3/b16-13-. The molecule has 0 spiro atoms. The monoisotopic (exact) mass is 466 g/mol. The number of carbonyl (C=O) groups excluding carboxylic acids is 1. The Morgan fingerprint density at radius 1 is 0.636 bits per heavy atom. The summed E-state index contributed by atoms with van der Waals surface area (Å²) in [5, 5.41) is 9.82. The molecule has 0 aliphatic rings. The van der Waals surface area contributed by atoms with Gasteiger partial charge in [0.25, 0.3) is 0 Å². The van der Waals surface area contributed by atoms with Crippen LogP contribution in [0.1, 0.15) is 162 Å². The number of ether oxygens (including phenoxy) is 1. The third-order valence-corrected chi connectivity index (χ3v) is 6.48. The van der Waals surface area contributed by atoms with Crippen molar-refractivity contribution in [3.05, 3.63) is 12.2 Å². The minimum absolute atomic E-state index is 0.00586. The second-order valence-electron chi connectivity index (χ2n) is 9.91. The molecule has 0 saturated carbocycles. The summed E-state index contributed by atoms with van der Waals surface area (Å²) < 4.78 is 5.38. The number of allylic oxidation sites excluding steroid dienone is 2. The molecule has 0 amide bonds. The van der Waals surface area contributed by atoms with Crippen LogP contribution >= 0.6 is 0 Å². The lowest BCUT2D eigenvalue weighted by molar-refractivity contribution is -0.143. The molecule has 3 heteroatoms. The molecule has 1 atom stereocenters. The maximum Gasteiger partial charge on any atom is 0.305 e. The van der Waals surface area contributed by atoms with Crippen LogP contribution in [0, 0.1) is 0 Å². The lowest BCUT2D eigenvalue weighted by atomic mass is 10.1. The molecule has 33 heavy (non-hydrogen) atoms. The van der Waals surface area contributed by atoms with Crippen LogP contribution in [0.15, 0.2) is 12.2 Å². The van der Waals surface area contributed by atoms with Gasteiger partial charge in [-0.25, -0.2) is 0 Å². The third kappa shape index (κ3) is 27.3. The summed E-state index contributed by atoms with van der Waals surface area (Å²) in [5.41, 5.74) is 0. The zero-order valence-corrected chi connectivity index (χ0v) is 22.5. The lowest BCUT2D eigenvalue weighted by Gasteiger charge is -2.07. The summed E-state index contributed by atoms with van der Waals surface area (Å²) in [4.78, 5) is 11.8. The van der Waals surface area contributed by atoms with E-state index in [9.17, 15) is 9.90 Å². The molecule has 0 saturated heterocycles. The van der Waals surface area contributed by atoms with Crippen molar-refractivity contribution >= 4 is 5.97 Å². The van der Waals surface area contributed by atoms with Gasteiger partial charge in [-0.2, -0.15) is 0 Å². The molecule has 196 valence electrons. The minimum Gasteiger partial charge on any atom is -0.466 e. The molecular formula is C30H58O3. The van der Waals surface area contributed by atoms with Gasteiger partial charge in [-0.05, 0) is 51.4 Å². The number of rotatable bonds is 26. The highest BCUT2D eigenvalue weighted by atomic mass is 16.5. The van der Waals surface area contributed by atoms with Crippen molar-refractivity contribution in [1.82, 2.24) is 0 Å². The van der Waals surface area contributed by atoms with E-state index in [-0.39, 0.29) is 12.1 Å². The van der Waals surface area contributed by atoms with Crippen molar-refractivity contribution < 1.29 is 14.6 Å². The molecule has 0 aromatic rings. The molecule has 1 unspecified atom stereocenters. The SMILES string of the molecule is CCCCCCCCCCCCOC(=O)CCCCCCC/C=C\CCCC(O)CCCC. The van der Waals surface area contributed by atoms with Crippen LogP contribution in [-0.4, -0.2) is 23.8 Å². The van der Waals surface area contributed by atoms with Gasteiger partial charge in [0.15, 0.2) is 0 Å². The number of aliphatic hydroxyl groups is 1. The minimum atomic E-state index is -0.102. The van der Waals surface area contributed by atoms with E-state index in [4.69, 9.17) is 4.74 Å². The van der Waals surface area contributed by atoms with Crippen molar-refractivity contribution in [2.45, 2.75) is 168 Å². The molecule has 3 nitrogen and oxygen atoms in total. The second kappa shape index (κ2) is 27.4. The Labute approximate surface area is 207 Å². The first-order valence-electron chi connectivity index (χ1n) is 14.7. The average molecular weight is 467 g/mol. The summed E-state index contributed by atoms with van der Waals surface area (Å²) >= 11 is 0. The molecule has 1 N–H and O–H groups in total. The van der Waals surface area contributed by atoms with E-state index < -0.39 is 0 Å². The maximum atomic E-state index is 11.8. The van der Waals surface area contributed by atoms with Crippen LogP contribution in [0.2, 0.25) is 0 Å². The van der Waals surface area contributed by atoms with Gasteiger partial charge in [0.05, 0.1) is 12.7 Å². The molecule has 0 rings (SSSR count). The normalized spacial score (nSPS) is 12.5. The number of carbonyl (C=O) groups is 1. The van der Waals surface area contributed by atoms with Gasteiger partial charge in [0.1, 0.15) is 0 Å². The van der Waals surface area contributed by atoms with E-state index in [0.717, 1.165) is 57.8 Å². The largest absolute Gasteiger partial charge is 0.466 e. The average Bonchev–Trinajstić information content (AvgIpc) is 2.81. The summed E-state index contributed by atoms with van der Waals surface area (Å²) in [6.07, 6.45) is 31.5. The van der Waals surface area contributed by atoms with Gasteiger partial charge in [0.2, 0.25) is 0 Å². The second-order valence-corrected chi connectivity index (χ2v) is 9.91. The Morgan fingerprint density at radius 2 is 1.12 bits per heavy atom. The van der Waals surface area contributed by atoms with E-state index in [1.807, 2.05) is 0 Å². The number of esters is 1. The topological polar surface area (TPSA) is 46.5 Å². The Hall–Kier alpha value is -0.830. The first kappa shape index (κ1) is 32.2. The van der Waals surface area contributed by atoms with Crippen LogP contribution in [0.4, 0.5) is 0 Å². The maximum absolute atomic E-state index is 11.8. The zero-order chi connectivity index (χ0) is 24.2. The van der Waals surface area contributed by atoms with Crippen molar-refractivity contribution in [2.24, 2.45) is 0 Å². The first-order valence-corrected chi connectivity index (χ1v) is 14.7. The molecule has 0 aromatic heterocycles. The van der Waals surface area contributed by atoms with Gasteiger partial charge in [0, 0.05) is 6.42 Å². The van der Waals surface area contributed by atoms with Crippen molar-refractivity contribution in [2.75, 3.05) is 6.61 Å². The quantitative estimate of drug-likeness (QED) is 0.0784.